The number of aliphatic carboxylic acids is 1. The Morgan fingerprint density at radius 2 is 2.05 bits per heavy atom. The van der Waals surface area contributed by atoms with Crippen LogP contribution in [-0.2, 0) is 16.0 Å². The third-order valence-electron chi connectivity index (χ3n) is 3.27. The second-order valence-electron chi connectivity index (χ2n) is 6.10. The molecule has 0 amide bonds. The number of carboxylic acid groups (broad SMARTS) is 1. The SMILES string of the molecule is CC(C)(CC(=O)O)CC(=O)Cc1ccc2nc(N)[nH]c2c1. The molecule has 21 heavy (non-hydrogen) atoms. The van der Waals surface area contributed by atoms with Crippen LogP contribution < -0.4 is 5.73 Å². The van der Waals surface area contributed by atoms with E-state index in [2.05, 4.69) is 9.97 Å². The van der Waals surface area contributed by atoms with Crippen molar-refractivity contribution >= 4 is 28.7 Å². The molecule has 0 saturated heterocycles. The van der Waals surface area contributed by atoms with Gasteiger partial charge in [0.1, 0.15) is 5.78 Å². The van der Waals surface area contributed by atoms with Crippen molar-refractivity contribution in [3.63, 3.8) is 0 Å². The van der Waals surface area contributed by atoms with Crippen molar-refractivity contribution in [2.24, 2.45) is 5.41 Å². The Balaban J connectivity index is 2.05. The summed E-state index contributed by atoms with van der Waals surface area (Å²) in [7, 11) is 0. The summed E-state index contributed by atoms with van der Waals surface area (Å²) in [6, 6.07) is 5.50. The van der Waals surface area contributed by atoms with Gasteiger partial charge < -0.3 is 15.8 Å². The van der Waals surface area contributed by atoms with Crippen LogP contribution in [0.1, 0.15) is 32.3 Å². The molecule has 0 atom stereocenters. The van der Waals surface area contributed by atoms with Crippen LogP contribution >= 0.6 is 0 Å². The molecular formula is C15H19N3O3. The van der Waals surface area contributed by atoms with Crippen LogP contribution in [0.15, 0.2) is 18.2 Å². The van der Waals surface area contributed by atoms with Gasteiger partial charge >= 0.3 is 5.97 Å². The number of nitrogen functional groups attached to an aromatic ring is 1. The normalized spacial score (nSPS) is 11.7. The van der Waals surface area contributed by atoms with Gasteiger partial charge in [0.05, 0.1) is 17.5 Å². The number of H-pyrrole nitrogens is 1. The zero-order valence-corrected chi connectivity index (χ0v) is 12.1. The van der Waals surface area contributed by atoms with Gasteiger partial charge in [0.25, 0.3) is 0 Å². The van der Waals surface area contributed by atoms with Crippen molar-refractivity contribution in [3.05, 3.63) is 23.8 Å². The van der Waals surface area contributed by atoms with E-state index in [1.54, 1.807) is 13.8 Å². The predicted octanol–water partition coefficient (Wildman–Crippen LogP) is 2.15. The number of Topliss-reactive ketones (excluding diaryl/α,β-unsaturated/α-hetero) is 1. The Morgan fingerprint density at radius 1 is 1.33 bits per heavy atom. The van der Waals surface area contributed by atoms with Gasteiger partial charge in [0.2, 0.25) is 0 Å². The molecule has 112 valence electrons. The van der Waals surface area contributed by atoms with E-state index in [0.29, 0.717) is 5.95 Å². The van der Waals surface area contributed by atoms with Crippen LogP contribution in [0, 0.1) is 5.41 Å². The number of nitrogens with two attached hydrogens (primary N) is 1. The van der Waals surface area contributed by atoms with Gasteiger partial charge in [0, 0.05) is 12.8 Å². The summed E-state index contributed by atoms with van der Waals surface area (Å²) in [5.41, 5.74) is 7.46. The first-order chi connectivity index (χ1) is 9.75. The molecule has 4 N–H and O–H groups in total. The number of carbonyl (C=O) groups excluding carboxylic acids is 1. The lowest BCUT2D eigenvalue weighted by Crippen LogP contribution is -2.21. The first-order valence-electron chi connectivity index (χ1n) is 6.73. The number of nitrogens with zero attached hydrogens (tertiary/aromatic N) is 1. The Labute approximate surface area is 122 Å². The number of ketones is 1. The fourth-order valence-electron chi connectivity index (χ4n) is 2.48. The lowest BCUT2D eigenvalue weighted by Gasteiger charge is -2.21. The topological polar surface area (TPSA) is 109 Å². The first kappa shape index (κ1) is 15.0. The molecule has 0 radical (unpaired) electrons. The van der Waals surface area contributed by atoms with Gasteiger partial charge in [-0.05, 0) is 23.1 Å². The Morgan fingerprint density at radius 3 is 2.71 bits per heavy atom. The minimum absolute atomic E-state index is 0.0190. The molecule has 2 rings (SSSR count). The molecule has 1 aromatic heterocycles. The second-order valence-corrected chi connectivity index (χ2v) is 6.10. The van der Waals surface area contributed by atoms with Crippen molar-refractivity contribution in [2.45, 2.75) is 33.1 Å². The van der Waals surface area contributed by atoms with Gasteiger partial charge in [-0.2, -0.15) is 0 Å². The number of rotatable bonds is 6. The lowest BCUT2D eigenvalue weighted by atomic mass is 9.83. The Hall–Kier alpha value is -2.37. The molecule has 0 saturated carbocycles. The number of imidazole rings is 1. The Bertz CT molecular complexity index is 689. The summed E-state index contributed by atoms with van der Waals surface area (Å²) in [6.07, 6.45) is 0.495. The molecule has 0 spiro atoms. The average molecular weight is 289 g/mol. The monoisotopic (exact) mass is 289 g/mol. The molecule has 0 aliphatic heterocycles. The highest BCUT2D eigenvalue weighted by Gasteiger charge is 2.25. The van der Waals surface area contributed by atoms with Crippen LogP contribution in [0.25, 0.3) is 11.0 Å². The highest BCUT2D eigenvalue weighted by molar-refractivity contribution is 5.84. The minimum Gasteiger partial charge on any atom is -0.481 e. The number of carboxylic acids is 1. The molecule has 0 unspecified atom stereocenters. The fraction of sp³-hybridized carbons (Fsp3) is 0.400. The lowest BCUT2D eigenvalue weighted by molar-refractivity contribution is -0.139. The molecule has 0 fully saturated rings. The summed E-state index contributed by atoms with van der Waals surface area (Å²) in [6.45, 7) is 3.58. The van der Waals surface area contributed by atoms with E-state index in [-0.39, 0.29) is 25.0 Å². The first-order valence-corrected chi connectivity index (χ1v) is 6.73. The molecule has 0 aliphatic rings. The van der Waals surface area contributed by atoms with Crippen LogP contribution in [0.2, 0.25) is 0 Å². The highest BCUT2D eigenvalue weighted by Crippen LogP contribution is 2.26. The number of carbonyl (C=O) groups is 2. The molecule has 1 heterocycles. The second kappa shape index (κ2) is 5.55. The molecule has 6 heteroatoms. The van der Waals surface area contributed by atoms with Crippen LogP contribution in [0.4, 0.5) is 5.95 Å². The summed E-state index contributed by atoms with van der Waals surface area (Å²) in [4.78, 5) is 29.9. The van der Waals surface area contributed by atoms with Gasteiger partial charge in [-0.3, -0.25) is 9.59 Å². The van der Waals surface area contributed by atoms with Crippen LogP contribution in [-0.4, -0.2) is 26.8 Å². The largest absolute Gasteiger partial charge is 0.481 e. The van der Waals surface area contributed by atoms with Crippen molar-refractivity contribution in [2.75, 3.05) is 5.73 Å². The van der Waals surface area contributed by atoms with E-state index >= 15 is 0 Å². The standard InChI is InChI=1S/C15H19N3O3/c1-15(2,8-13(20)21)7-10(19)5-9-3-4-11-12(6-9)18-14(16)17-11/h3-4,6H,5,7-8H2,1-2H3,(H,20,21)(H3,16,17,18). The molecule has 0 bridgehead atoms. The Kier molecular flexibility index (Phi) is 3.97. The van der Waals surface area contributed by atoms with Crippen LogP contribution in [0.5, 0.6) is 0 Å². The smallest absolute Gasteiger partial charge is 0.303 e. The van der Waals surface area contributed by atoms with Gasteiger partial charge in [-0.25, -0.2) is 4.98 Å². The maximum Gasteiger partial charge on any atom is 0.303 e. The van der Waals surface area contributed by atoms with E-state index < -0.39 is 11.4 Å². The molecule has 0 aliphatic carbocycles. The van der Waals surface area contributed by atoms with Gasteiger partial charge in [-0.15, -0.1) is 0 Å². The number of nitrogens with one attached hydrogen (secondary N) is 1. The van der Waals surface area contributed by atoms with Crippen molar-refractivity contribution in [1.82, 2.24) is 9.97 Å². The van der Waals surface area contributed by atoms with E-state index in [4.69, 9.17) is 10.8 Å². The summed E-state index contributed by atoms with van der Waals surface area (Å²) in [5.74, 6) is -0.522. The van der Waals surface area contributed by atoms with Crippen molar-refractivity contribution < 1.29 is 14.7 Å². The van der Waals surface area contributed by atoms with Gasteiger partial charge in [-0.1, -0.05) is 19.9 Å². The van der Waals surface area contributed by atoms with E-state index in [1.807, 2.05) is 18.2 Å². The van der Waals surface area contributed by atoms with E-state index in [0.717, 1.165) is 16.6 Å². The van der Waals surface area contributed by atoms with E-state index in [1.165, 1.54) is 0 Å². The molecule has 2 aromatic rings. The quantitative estimate of drug-likeness (QED) is 0.755. The van der Waals surface area contributed by atoms with Crippen molar-refractivity contribution in [1.29, 1.82) is 0 Å². The van der Waals surface area contributed by atoms with Crippen LogP contribution in [0.3, 0.4) is 0 Å². The number of hydrogen-bond acceptors (Lipinski definition) is 4. The number of aromatic nitrogens is 2. The third-order valence-corrected chi connectivity index (χ3v) is 3.27. The molecule has 1 aromatic carbocycles. The molecule has 6 nitrogen and oxygen atoms in total. The number of fused-ring (bicyclic) bond motifs is 1. The number of anilines is 1. The van der Waals surface area contributed by atoms with Crippen molar-refractivity contribution in [3.8, 4) is 0 Å². The van der Waals surface area contributed by atoms with E-state index in [9.17, 15) is 9.59 Å². The number of aromatic amines is 1. The maximum absolute atomic E-state index is 12.1. The third kappa shape index (κ3) is 4.05. The maximum atomic E-state index is 12.1. The zero-order valence-electron chi connectivity index (χ0n) is 12.1. The average Bonchev–Trinajstić information content (AvgIpc) is 2.65. The molecular weight excluding hydrogens is 270 g/mol. The summed E-state index contributed by atoms with van der Waals surface area (Å²) < 4.78 is 0. The van der Waals surface area contributed by atoms with Gasteiger partial charge in [0.15, 0.2) is 5.95 Å². The minimum atomic E-state index is -0.887. The summed E-state index contributed by atoms with van der Waals surface area (Å²) in [5, 5.41) is 8.84. The summed E-state index contributed by atoms with van der Waals surface area (Å²) >= 11 is 0. The predicted molar refractivity (Wildman–Crippen MR) is 79.9 cm³/mol. The fourth-order valence-corrected chi connectivity index (χ4v) is 2.48. The number of hydrogen-bond donors (Lipinski definition) is 3. The number of benzene rings is 1. The highest BCUT2D eigenvalue weighted by atomic mass is 16.4. The zero-order chi connectivity index (χ0) is 15.6.